The van der Waals surface area contributed by atoms with Crippen LogP contribution in [0.3, 0.4) is 0 Å². The van der Waals surface area contributed by atoms with Gasteiger partial charge in [0.2, 0.25) is 0 Å². The molecular weight excluding hydrogens is 282 g/mol. The number of rotatable bonds is 8. The summed E-state index contributed by atoms with van der Waals surface area (Å²) in [5.41, 5.74) is 0. The summed E-state index contributed by atoms with van der Waals surface area (Å²) in [7, 11) is 1.74. The minimum absolute atomic E-state index is 0.677. The summed E-state index contributed by atoms with van der Waals surface area (Å²) in [5, 5.41) is 14.7. The molecule has 0 bridgehead atoms. The normalized spacial score (nSPS) is 17.6. The Balaban J connectivity index is 1.70. The molecule has 1 aromatic rings. The van der Waals surface area contributed by atoms with Gasteiger partial charge in [-0.1, -0.05) is 32.1 Å². The van der Waals surface area contributed by atoms with E-state index in [2.05, 4.69) is 15.5 Å². The average Bonchev–Trinajstić information content (AvgIpc) is 2.91. The number of hydrogen-bond donors (Lipinski definition) is 1. The fourth-order valence-electron chi connectivity index (χ4n) is 2.90. The van der Waals surface area contributed by atoms with Crippen molar-refractivity contribution in [2.45, 2.75) is 63.7 Å². The van der Waals surface area contributed by atoms with Crippen molar-refractivity contribution in [1.82, 2.24) is 15.5 Å². The van der Waals surface area contributed by atoms with E-state index in [1.807, 2.05) is 11.3 Å². The van der Waals surface area contributed by atoms with E-state index in [4.69, 9.17) is 4.74 Å². The van der Waals surface area contributed by atoms with E-state index in [0.29, 0.717) is 5.92 Å². The minimum atomic E-state index is 0.677. The molecule has 0 amide bonds. The molecule has 21 heavy (non-hydrogen) atoms. The van der Waals surface area contributed by atoms with E-state index in [9.17, 15) is 0 Å². The van der Waals surface area contributed by atoms with E-state index in [0.717, 1.165) is 32.5 Å². The number of ether oxygens (including phenoxy) is 1. The van der Waals surface area contributed by atoms with Crippen molar-refractivity contribution < 1.29 is 4.74 Å². The lowest BCUT2D eigenvalue weighted by Gasteiger charge is -2.16. The predicted molar refractivity (Wildman–Crippen MR) is 88.0 cm³/mol. The van der Waals surface area contributed by atoms with Crippen LogP contribution in [0.2, 0.25) is 0 Å². The summed E-state index contributed by atoms with van der Waals surface area (Å²) in [4.78, 5) is 0. The van der Waals surface area contributed by atoms with Gasteiger partial charge < -0.3 is 10.1 Å². The lowest BCUT2D eigenvalue weighted by Crippen LogP contribution is -2.20. The molecule has 1 aromatic heterocycles. The molecule has 1 N–H and O–H groups in total. The lowest BCUT2D eigenvalue weighted by atomic mass is 9.92. The van der Waals surface area contributed by atoms with Gasteiger partial charge in [-0.2, -0.15) is 0 Å². The molecular formula is C16H29N3OS. The second-order valence-electron chi connectivity index (χ2n) is 5.92. The van der Waals surface area contributed by atoms with Crippen LogP contribution in [0, 0.1) is 0 Å². The standard InChI is InChI=1S/C16H29N3OS/c1-20-13-12-17-11-7-10-15-18-19-16(21-15)14-8-5-3-2-4-6-9-14/h14,17H,2-13H2,1H3. The highest BCUT2D eigenvalue weighted by molar-refractivity contribution is 7.11. The maximum Gasteiger partial charge on any atom is 0.120 e. The molecule has 0 saturated heterocycles. The van der Waals surface area contributed by atoms with Crippen molar-refractivity contribution >= 4 is 11.3 Å². The molecule has 1 aliphatic carbocycles. The Labute approximate surface area is 132 Å². The van der Waals surface area contributed by atoms with Crippen molar-refractivity contribution in [1.29, 1.82) is 0 Å². The lowest BCUT2D eigenvalue weighted by molar-refractivity contribution is 0.199. The van der Waals surface area contributed by atoms with E-state index in [1.54, 1.807) is 7.11 Å². The molecule has 1 aliphatic rings. The van der Waals surface area contributed by atoms with Gasteiger partial charge in [0.15, 0.2) is 0 Å². The van der Waals surface area contributed by atoms with E-state index < -0.39 is 0 Å². The zero-order chi connectivity index (χ0) is 14.8. The number of methoxy groups -OCH3 is 1. The van der Waals surface area contributed by atoms with Crippen molar-refractivity contribution in [2.75, 3.05) is 26.8 Å². The highest BCUT2D eigenvalue weighted by Gasteiger charge is 2.17. The van der Waals surface area contributed by atoms with Crippen LogP contribution in [0.15, 0.2) is 0 Å². The zero-order valence-electron chi connectivity index (χ0n) is 13.3. The highest BCUT2D eigenvalue weighted by atomic mass is 32.1. The van der Waals surface area contributed by atoms with Crippen LogP contribution >= 0.6 is 11.3 Å². The van der Waals surface area contributed by atoms with Gasteiger partial charge in [-0.05, 0) is 25.8 Å². The fraction of sp³-hybridized carbons (Fsp3) is 0.875. The van der Waals surface area contributed by atoms with Gasteiger partial charge in [0, 0.05) is 26.0 Å². The summed E-state index contributed by atoms with van der Waals surface area (Å²) < 4.78 is 5.01. The zero-order valence-corrected chi connectivity index (χ0v) is 14.1. The SMILES string of the molecule is COCCNCCCc1nnc(C2CCCCCCC2)s1. The van der Waals surface area contributed by atoms with Crippen LogP contribution in [0.1, 0.15) is 67.3 Å². The van der Waals surface area contributed by atoms with Crippen LogP contribution in [-0.4, -0.2) is 37.0 Å². The molecule has 2 rings (SSSR count). The van der Waals surface area contributed by atoms with Crippen LogP contribution in [0.25, 0.3) is 0 Å². The fourth-order valence-corrected chi connectivity index (χ4v) is 3.95. The number of aryl methyl sites for hydroxylation is 1. The summed E-state index contributed by atoms with van der Waals surface area (Å²) in [6.45, 7) is 2.74. The number of nitrogens with zero attached hydrogens (tertiary/aromatic N) is 2. The number of hydrogen-bond acceptors (Lipinski definition) is 5. The first-order valence-corrected chi connectivity index (χ1v) is 9.23. The van der Waals surface area contributed by atoms with Crippen molar-refractivity contribution in [2.24, 2.45) is 0 Å². The van der Waals surface area contributed by atoms with Gasteiger partial charge in [-0.25, -0.2) is 0 Å². The molecule has 1 saturated carbocycles. The molecule has 5 heteroatoms. The van der Waals surface area contributed by atoms with Gasteiger partial charge in [0.25, 0.3) is 0 Å². The largest absolute Gasteiger partial charge is 0.383 e. The minimum Gasteiger partial charge on any atom is -0.383 e. The third-order valence-corrected chi connectivity index (χ3v) is 5.31. The maximum atomic E-state index is 5.01. The average molecular weight is 311 g/mol. The molecule has 0 radical (unpaired) electrons. The first-order chi connectivity index (χ1) is 10.4. The smallest absolute Gasteiger partial charge is 0.120 e. The van der Waals surface area contributed by atoms with Gasteiger partial charge in [-0.3, -0.25) is 0 Å². The van der Waals surface area contributed by atoms with E-state index in [1.165, 1.54) is 55.0 Å². The second-order valence-corrected chi connectivity index (χ2v) is 7.02. The molecule has 0 spiro atoms. The topological polar surface area (TPSA) is 47.0 Å². The van der Waals surface area contributed by atoms with Crippen molar-refractivity contribution in [3.05, 3.63) is 10.0 Å². The third-order valence-electron chi connectivity index (χ3n) is 4.16. The summed E-state index contributed by atoms with van der Waals surface area (Å²) in [6, 6.07) is 0. The van der Waals surface area contributed by atoms with E-state index in [-0.39, 0.29) is 0 Å². The molecule has 1 fully saturated rings. The van der Waals surface area contributed by atoms with Crippen LogP contribution < -0.4 is 5.32 Å². The Morgan fingerprint density at radius 3 is 2.62 bits per heavy atom. The Morgan fingerprint density at radius 1 is 1.10 bits per heavy atom. The Morgan fingerprint density at radius 2 is 1.86 bits per heavy atom. The molecule has 120 valence electrons. The Bertz CT molecular complexity index is 375. The number of nitrogens with one attached hydrogen (secondary N) is 1. The molecule has 0 aromatic carbocycles. The van der Waals surface area contributed by atoms with Crippen LogP contribution in [0.4, 0.5) is 0 Å². The van der Waals surface area contributed by atoms with Gasteiger partial charge in [-0.15, -0.1) is 21.5 Å². The molecule has 1 heterocycles. The first-order valence-electron chi connectivity index (χ1n) is 8.42. The summed E-state index contributed by atoms with van der Waals surface area (Å²) in [6.07, 6.45) is 11.7. The second kappa shape index (κ2) is 10.2. The third kappa shape index (κ3) is 6.41. The Hall–Kier alpha value is -0.520. The van der Waals surface area contributed by atoms with Crippen LogP contribution in [-0.2, 0) is 11.2 Å². The Kier molecular flexibility index (Phi) is 8.22. The van der Waals surface area contributed by atoms with Crippen molar-refractivity contribution in [3.63, 3.8) is 0 Å². The maximum absolute atomic E-state index is 5.01. The van der Waals surface area contributed by atoms with Crippen molar-refractivity contribution in [3.8, 4) is 0 Å². The van der Waals surface area contributed by atoms with Gasteiger partial charge >= 0.3 is 0 Å². The first kappa shape index (κ1) is 16.8. The van der Waals surface area contributed by atoms with E-state index >= 15 is 0 Å². The summed E-state index contributed by atoms with van der Waals surface area (Å²) >= 11 is 1.85. The van der Waals surface area contributed by atoms with Crippen LogP contribution in [0.5, 0.6) is 0 Å². The molecule has 0 aliphatic heterocycles. The molecule has 0 unspecified atom stereocenters. The monoisotopic (exact) mass is 311 g/mol. The van der Waals surface area contributed by atoms with Gasteiger partial charge in [0.05, 0.1) is 6.61 Å². The van der Waals surface area contributed by atoms with Gasteiger partial charge in [0.1, 0.15) is 10.0 Å². The molecule has 4 nitrogen and oxygen atoms in total. The summed E-state index contributed by atoms with van der Waals surface area (Å²) in [5.74, 6) is 0.677. The molecule has 0 atom stereocenters. The predicted octanol–water partition coefficient (Wildman–Crippen LogP) is 3.53. The highest BCUT2D eigenvalue weighted by Crippen LogP contribution is 2.32. The quantitative estimate of drug-likeness (QED) is 0.746. The number of aromatic nitrogens is 2.